The number of carbonyl (C=O) groups excluding carboxylic acids is 3. The fourth-order valence-electron chi connectivity index (χ4n) is 2.74. The molecule has 30 heavy (non-hydrogen) atoms. The molecule has 2 atom stereocenters. The first-order valence-electron chi connectivity index (χ1n) is 8.57. The molecule has 0 bridgehead atoms. The molecule has 2 unspecified atom stereocenters. The second-order valence-electron chi connectivity index (χ2n) is 6.06. The molecule has 0 saturated carbocycles. The first-order chi connectivity index (χ1) is 13.5. The van der Waals surface area contributed by atoms with Crippen LogP contribution in [0, 0.1) is 0 Å². The molecule has 0 aromatic heterocycles. The summed E-state index contributed by atoms with van der Waals surface area (Å²) in [5.41, 5.74) is 0.363. The average molecular weight is 466 g/mol. The van der Waals surface area contributed by atoms with Crippen molar-refractivity contribution in [2.75, 3.05) is 13.2 Å². The van der Waals surface area contributed by atoms with E-state index in [-0.39, 0.29) is 36.1 Å². The van der Waals surface area contributed by atoms with Gasteiger partial charge in [0.15, 0.2) is 6.10 Å². The lowest BCUT2D eigenvalue weighted by Crippen LogP contribution is -2.41. The van der Waals surface area contributed by atoms with Crippen molar-refractivity contribution in [3.05, 3.63) is 35.4 Å². The highest BCUT2D eigenvalue weighted by Gasteiger charge is 2.45. The average Bonchev–Trinajstić information content (AvgIpc) is 2.85. The molecule has 2 rings (SSSR count). The first-order valence-corrected chi connectivity index (χ1v) is 9.86. The Kier molecular flexibility index (Phi) is 9.29. The van der Waals surface area contributed by atoms with E-state index in [4.69, 9.17) is 17.0 Å². The van der Waals surface area contributed by atoms with Gasteiger partial charge in [-0.1, -0.05) is 31.3 Å². The van der Waals surface area contributed by atoms with E-state index in [2.05, 4.69) is 4.74 Å². The Labute approximate surface area is 182 Å². The van der Waals surface area contributed by atoms with E-state index in [1.807, 2.05) is 0 Å². The van der Waals surface area contributed by atoms with E-state index in [0.717, 1.165) is 23.6 Å². The van der Waals surface area contributed by atoms with Crippen LogP contribution in [0.3, 0.4) is 0 Å². The van der Waals surface area contributed by atoms with Crippen molar-refractivity contribution in [3.8, 4) is 0 Å². The number of amides is 2. The van der Waals surface area contributed by atoms with Gasteiger partial charge in [-0.15, -0.1) is 0 Å². The number of thioether (sulfide) groups is 1. The van der Waals surface area contributed by atoms with Gasteiger partial charge in [0.25, 0.3) is 11.8 Å². The van der Waals surface area contributed by atoms with Gasteiger partial charge >= 0.3 is 12.1 Å². The summed E-state index contributed by atoms with van der Waals surface area (Å²) in [4.78, 5) is 37.1. The number of nitrogens with zero attached hydrogens (tertiary/aromatic N) is 1. The summed E-state index contributed by atoms with van der Waals surface area (Å²) >= 11 is 5.78. The largest absolute Gasteiger partial charge is 0.479 e. The molecule has 11 heteroatoms. The van der Waals surface area contributed by atoms with Crippen molar-refractivity contribution < 1.29 is 37.0 Å². The number of fused-ring (bicyclic) bond motifs is 1. The minimum atomic E-state index is -4.82. The van der Waals surface area contributed by atoms with E-state index >= 15 is 0 Å². The Morgan fingerprint density at radius 2 is 1.73 bits per heavy atom. The van der Waals surface area contributed by atoms with Gasteiger partial charge in [-0.2, -0.15) is 13.2 Å². The molecule has 1 aromatic rings. The summed E-state index contributed by atoms with van der Waals surface area (Å²) in [5.74, 6) is -2.30. The van der Waals surface area contributed by atoms with Crippen LogP contribution in [-0.4, -0.2) is 57.7 Å². The minimum Gasteiger partial charge on any atom is -0.479 e. The number of imide groups is 1. The van der Waals surface area contributed by atoms with Crippen molar-refractivity contribution >= 4 is 46.1 Å². The Morgan fingerprint density at radius 1 is 1.20 bits per heavy atom. The number of carbonyl (C=O) groups is 3. The third-order valence-electron chi connectivity index (χ3n) is 3.94. The number of benzene rings is 1. The molecule has 2 amide bonds. The van der Waals surface area contributed by atoms with Crippen LogP contribution in [0.15, 0.2) is 24.3 Å². The van der Waals surface area contributed by atoms with Crippen LogP contribution in [0.4, 0.5) is 13.2 Å². The zero-order chi connectivity index (χ0) is 21.8. The number of thiocarbonyl (C=S) groups is 1. The number of alkyl halides is 3. The van der Waals surface area contributed by atoms with Gasteiger partial charge in [0.2, 0.25) is 4.38 Å². The summed E-state index contributed by atoms with van der Waals surface area (Å²) in [6.07, 6.45) is -7.93. The summed E-state index contributed by atoms with van der Waals surface area (Å²) in [6.45, 7) is 2.38. The summed E-state index contributed by atoms with van der Waals surface area (Å²) in [6, 6.07) is 6.12. The Bertz CT molecular complexity index is 781. The highest BCUT2D eigenvalue weighted by molar-refractivity contribution is 8.23. The molecule has 0 spiro atoms. The van der Waals surface area contributed by atoms with Gasteiger partial charge in [-0.25, -0.2) is 0 Å². The number of ether oxygens (including phenoxy) is 2. The maximum Gasteiger partial charge on any atom is 0.425 e. The SMILES string of the molecule is C.CCOC(=S)SC(CC(OC(C)=O)C(F)(F)F)CN1C(=O)c2ccccc2C1=O. The van der Waals surface area contributed by atoms with E-state index < -0.39 is 41.7 Å². The second kappa shape index (κ2) is 10.8. The molecule has 0 fully saturated rings. The topological polar surface area (TPSA) is 72.9 Å². The number of halogens is 3. The number of rotatable bonds is 7. The molecule has 1 heterocycles. The van der Waals surface area contributed by atoms with Crippen LogP contribution in [0.1, 0.15) is 48.4 Å². The zero-order valence-electron chi connectivity index (χ0n) is 15.5. The third kappa shape index (κ3) is 6.43. The third-order valence-corrected chi connectivity index (χ3v) is 5.33. The van der Waals surface area contributed by atoms with Gasteiger partial charge in [0.05, 0.1) is 17.7 Å². The molecule has 1 aromatic carbocycles. The van der Waals surface area contributed by atoms with Crippen molar-refractivity contribution in [1.82, 2.24) is 4.90 Å². The predicted octanol–water partition coefficient (Wildman–Crippen LogP) is 4.23. The van der Waals surface area contributed by atoms with E-state index in [9.17, 15) is 27.6 Å². The predicted molar refractivity (Wildman–Crippen MR) is 110 cm³/mol. The molecule has 166 valence electrons. The van der Waals surface area contributed by atoms with Crippen LogP contribution in [0.5, 0.6) is 0 Å². The van der Waals surface area contributed by atoms with E-state index in [0.29, 0.717) is 0 Å². The minimum absolute atomic E-state index is 0. The molecule has 0 N–H and O–H groups in total. The Morgan fingerprint density at radius 3 is 2.17 bits per heavy atom. The van der Waals surface area contributed by atoms with Crippen molar-refractivity contribution in [2.24, 2.45) is 0 Å². The lowest BCUT2D eigenvalue weighted by Gasteiger charge is -2.27. The number of esters is 1. The van der Waals surface area contributed by atoms with E-state index in [1.165, 1.54) is 12.1 Å². The fraction of sp³-hybridized carbons (Fsp3) is 0.474. The standard InChI is InChI=1S/C18H18F3NO5S2.CH4/c1-3-26-17(28)29-11(8-14(18(19,20)21)27-10(2)23)9-22-15(24)12-6-4-5-7-13(12)16(22)25;/h4-7,11,14H,3,8-9H2,1-2H3;1H4. The normalized spacial score (nSPS) is 15.2. The zero-order valence-corrected chi connectivity index (χ0v) is 17.2. The van der Waals surface area contributed by atoms with E-state index in [1.54, 1.807) is 19.1 Å². The lowest BCUT2D eigenvalue weighted by molar-refractivity contribution is -0.221. The van der Waals surface area contributed by atoms with Crippen LogP contribution in [0.2, 0.25) is 0 Å². The molecule has 0 radical (unpaired) electrons. The smallest absolute Gasteiger partial charge is 0.425 e. The summed E-state index contributed by atoms with van der Waals surface area (Å²) < 4.78 is 49.4. The van der Waals surface area contributed by atoms with Gasteiger partial charge in [0, 0.05) is 25.1 Å². The molecule has 1 aliphatic rings. The molecule has 1 aliphatic heterocycles. The van der Waals surface area contributed by atoms with Crippen molar-refractivity contribution in [2.45, 2.75) is 45.2 Å². The second-order valence-corrected chi connectivity index (χ2v) is 7.97. The lowest BCUT2D eigenvalue weighted by atomic mass is 10.1. The maximum absolute atomic E-state index is 13.3. The maximum atomic E-state index is 13.3. The Hall–Kier alpha value is -2.14. The Balaban J connectivity index is 0.00000450. The molecule has 0 aliphatic carbocycles. The van der Waals surface area contributed by atoms with Gasteiger partial charge in [-0.05, 0) is 31.3 Å². The van der Waals surface area contributed by atoms with Crippen LogP contribution in [0.25, 0.3) is 0 Å². The van der Waals surface area contributed by atoms with Crippen molar-refractivity contribution in [1.29, 1.82) is 0 Å². The molecular formula is C19H22F3NO5S2. The van der Waals surface area contributed by atoms with Gasteiger partial charge in [0.1, 0.15) is 0 Å². The van der Waals surface area contributed by atoms with Gasteiger partial charge in [-0.3, -0.25) is 19.3 Å². The monoisotopic (exact) mass is 465 g/mol. The summed E-state index contributed by atoms with van der Waals surface area (Å²) in [5, 5.41) is -0.998. The van der Waals surface area contributed by atoms with Crippen LogP contribution >= 0.6 is 24.0 Å². The first kappa shape index (κ1) is 25.9. The number of hydrogen-bond donors (Lipinski definition) is 0. The molecular weight excluding hydrogens is 443 g/mol. The fourth-order valence-corrected chi connectivity index (χ4v) is 4.22. The highest BCUT2D eigenvalue weighted by atomic mass is 32.2. The molecule has 0 saturated heterocycles. The highest BCUT2D eigenvalue weighted by Crippen LogP contribution is 2.32. The molecule has 6 nitrogen and oxygen atoms in total. The quantitative estimate of drug-likeness (QED) is 0.339. The van der Waals surface area contributed by atoms with Gasteiger partial charge < -0.3 is 9.47 Å². The summed E-state index contributed by atoms with van der Waals surface area (Å²) in [7, 11) is 0. The van der Waals surface area contributed by atoms with Crippen LogP contribution in [-0.2, 0) is 14.3 Å². The van der Waals surface area contributed by atoms with Crippen molar-refractivity contribution in [3.63, 3.8) is 0 Å². The van der Waals surface area contributed by atoms with Crippen LogP contribution < -0.4 is 0 Å². The number of hydrogen-bond acceptors (Lipinski definition) is 7.